The van der Waals surface area contributed by atoms with E-state index in [1.807, 2.05) is 48.5 Å². The zero-order chi connectivity index (χ0) is 30.6. The zero-order valence-electron chi connectivity index (χ0n) is 24.6. The summed E-state index contributed by atoms with van der Waals surface area (Å²) in [7, 11) is 3.13. The Kier molecular flexibility index (Phi) is 8.36. The summed E-state index contributed by atoms with van der Waals surface area (Å²) in [5, 5.41) is 11.3. The van der Waals surface area contributed by atoms with Gasteiger partial charge in [-0.2, -0.15) is 9.97 Å². The minimum Gasteiger partial charge on any atom is -0.481 e. The van der Waals surface area contributed by atoms with Gasteiger partial charge in [-0.05, 0) is 23.8 Å². The Balaban J connectivity index is 1.35. The number of fused-ring (bicyclic) bond motifs is 1. The van der Waals surface area contributed by atoms with Crippen molar-refractivity contribution in [2.75, 3.05) is 40.4 Å². The van der Waals surface area contributed by atoms with E-state index in [0.717, 1.165) is 5.56 Å². The summed E-state index contributed by atoms with van der Waals surface area (Å²) in [6.45, 7) is 2.89. The lowest BCUT2D eigenvalue weighted by Gasteiger charge is -2.39. The fraction of sp³-hybridized carbons (Fsp3) is 0.235. The third-order valence-electron chi connectivity index (χ3n) is 8.04. The van der Waals surface area contributed by atoms with Crippen LogP contribution in [-0.2, 0) is 6.54 Å². The Morgan fingerprint density at radius 2 is 1.39 bits per heavy atom. The minimum atomic E-state index is -1.06. The number of para-hydroxylation sites is 1. The number of carboxylic acid groups (broad SMARTS) is 1. The maximum Gasteiger partial charge on any atom is 0.338 e. The average molecular weight is 592 g/mol. The maximum atomic E-state index is 13.8. The molecule has 1 aliphatic rings. The Morgan fingerprint density at radius 1 is 0.818 bits per heavy atom. The molecular weight excluding hydrogens is 558 g/mol. The predicted octanol–water partition coefficient (Wildman–Crippen LogP) is 4.40. The summed E-state index contributed by atoms with van der Waals surface area (Å²) >= 11 is 0. The predicted molar refractivity (Wildman–Crippen MR) is 167 cm³/mol. The topological polar surface area (TPSA) is 110 Å². The van der Waals surface area contributed by atoms with Crippen molar-refractivity contribution in [3.8, 4) is 17.4 Å². The fourth-order valence-corrected chi connectivity index (χ4v) is 5.94. The normalized spacial score (nSPS) is 14.8. The molecule has 44 heavy (non-hydrogen) atoms. The molecule has 10 heteroatoms. The van der Waals surface area contributed by atoms with E-state index in [0.29, 0.717) is 72.5 Å². The molecule has 2 aromatic heterocycles. The molecule has 0 spiro atoms. The molecule has 0 amide bonds. The SMILES string of the molecule is COc1cc(OC)nc(C(c2ccccc2)N2CCN(Cc3c(C(=O)O)c4ccccc4c(=O)n3-c3ccccc3)CC2)n1. The number of carbonyl (C=O) groups is 1. The third kappa shape index (κ3) is 5.64. The summed E-state index contributed by atoms with van der Waals surface area (Å²) in [5.74, 6) is 0.347. The first-order valence-electron chi connectivity index (χ1n) is 14.4. The van der Waals surface area contributed by atoms with Crippen LogP contribution in [0.3, 0.4) is 0 Å². The number of hydrogen-bond donors (Lipinski definition) is 1. The molecule has 0 aliphatic carbocycles. The summed E-state index contributed by atoms with van der Waals surface area (Å²) in [5.41, 5.74) is 2.04. The number of nitrogens with zero attached hydrogens (tertiary/aromatic N) is 5. The molecule has 1 atom stereocenters. The Bertz CT molecular complexity index is 1810. The first-order valence-corrected chi connectivity index (χ1v) is 14.4. The number of aromatic nitrogens is 3. The van der Waals surface area contributed by atoms with E-state index in [-0.39, 0.29) is 17.2 Å². The molecule has 0 saturated carbocycles. The molecule has 5 aromatic rings. The largest absolute Gasteiger partial charge is 0.481 e. The first-order chi connectivity index (χ1) is 21.5. The van der Waals surface area contributed by atoms with E-state index in [4.69, 9.17) is 9.47 Å². The highest BCUT2D eigenvalue weighted by atomic mass is 16.5. The second-order valence-corrected chi connectivity index (χ2v) is 10.6. The molecule has 6 rings (SSSR count). The molecular formula is C34H33N5O5. The van der Waals surface area contributed by atoms with E-state index >= 15 is 0 Å². The van der Waals surface area contributed by atoms with Crippen molar-refractivity contribution in [1.82, 2.24) is 24.3 Å². The monoisotopic (exact) mass is 591 g/mol. The molecule has 10 nitrogen and oxygen atoms in total. The Hall–Kier alpha value is -5.06. The van der Waals surface area contributed by atoms with Crippen molar-refractivity contribution in [2.45, 2.75) is 12.6 Å². The van der Waals surface area contributed by atoms with Crippen molar-refractivity contribution < 1.29 is 19.4 Å². The van der Waals surface area contributed by atoms with Crippen LogP contribution in [-0.4, -0.2) is 75.8 Å². The lowest BCUT2D eigenvalue weighted by atomic mass is 10.0. The second-order valence-electron chi connectivity index (χ2n) is 10.6. The van der Waals surface area contributed by atoms with Crippen molar-refractivity contribution in [1.29, 1.82) is 0 Å². The van der Waals surface area contributed by atoms with Gasteiger partial charge in [0.2, 0.25) is 11.8 Å². The van der Waals surface area contributed by atoms with Crippen LogP contribution < -0.4 is 15.0 Å². The van der Waals surface area contributed by atoms with Crippen LogP contribution in [0.2, 0.25) is 0 Å². The van der Waals surface area contributed by atoms with Crippen LogP contribution in [0.5, 0.6) is 11.8 Å². The number of piperazine rings is 1. The molecule has 1 aliphatic heterocycles. The third-order valence-corrected chi connectivity index (χ3v) is 8.04. The molecule has 1 unspecified atom stereocenters. The van der Waals surface area contributed by atoms with E-state index in [1.165, 1.54) is 0 Å². The van der Waals surface area contributed by atoms with Gasteiger partial charge in [0, 0.05) is 49.2 Å². The molecule has 1 fully saturated rings. The van der Waals surface area contributed by atoms with E-state index in [9.17, 15) is 14.7 Å². The average Bonchev–Trinajstić information content (AvgIpc) is 3.06. The van der Waals surface area contributed by atoms with Gasteiger partial charge in [0.25, 0.3) is 5.56 Å². The number of pyridine rings is 1. The smallest absolute Gasteiger partial charge is 0.338 e. The quantitative estimate of drug-likeness (QED) is 0.267. The van der Waals surface area contributed by atoms with Gasteiger partial charge < -0.3 is 14.6 Å². The second kappa shape index (κ2) is 12.7. The summed E-state index contributed by atoms with van der Waals surface area (Å²) in [4.78, 5) is 40.5. The molecule has 224 valence electrons. The minimum absolute atomic E-state index is 0.144. The highest BCUT2D eigenvalue weighted by Gasteiger charge is 2.31. The number of ether oxygens (including phenoxy) is 2. The highest BCUT2D eigenvalue weighted by molar-refractivity contribution is 6.04. The maximum absolute atomic E-state index is 13.8. The summed E-state index contributed by atoms with van der Waals surface area (Å²) in [6, 6.07) is 27.6. The van der Waals surface area contributed by atoms with Gasteiger partial charge >= 0.3 is 5.97 Å². The molecule has 1 saturated heterocycles. The standard InChI is InChI=1S/C34H33N5O5/c1-43-28-21-29(44-2)36-32(35-28)31(23-11-5-3-6-12-23)38-19-17-37(18-20-38)22-27-30(34(41)42)25-15-9-10-16-26(25)33(40)39(27)24-13-7-4-8-14-24/h3-16,21,31H,17-20,22H2,1-2H3,(H,41,42). The van der Waals surface area contributed by atoms with Gasteiger partial charge in [-0.3, -0.25) is 19.2 Å². The van der Waals surface area contributed by atoms with E-state index < -0.39 is 5.97 Å². The molecule has 0 bridgehead atoms. The van der Waals surface area contributed by atoms with Gasteiger partial charge in [-0.25, -0.2) is 4.79 Å². The van der Waals surface area contributed by atoms with Gasteiger partial charge in [-0.15, -0.1) is 0 Å². The number of aromatic carboxylic acids is 1. The zero-order valence-corrected chi connectivity index (χ0v) is 24.6. The molecule has 3 aromatic carbocycles. The van der Waals surface area contributed by atoms with Crippen molar-refractivity contribution in [3.05, 3.63) is 124 Å². The van der Waals surface area contributed by atoms with Gasteiger partial charge in [0.05, 0.1) is 37.6 Å². The molecule has 1 N–H and O–H groups in total. The van der Waals surface area contributed by atoms with Crippen LogP contribution >= 0.6 is 0 Å². The van der Waals surface area contributed by atoms with Crippen molar-refractivity contribution in [3.63, 3.8) is 0 Å². The van der Waals surface area contributed by atoms with E-state index in [2.05, 4.69) is 31.9 Å². The summed E-state index contributed by atoms with van der Waals surface area (Å²) < 4.78 is 12.4. The van der Waals surface area contributed by atoms with Crippen LogP contribution in [0.1, 0.15) is 33.5 Å². The number of hydrogen-bond acceptors (Lipinski definition) is 8. The Morgan fingerprint density at radius 3 is 1.98 bits per heavy atom. The van der Waals surface area contributed by atoms with Crippen LogP contribution in [0.15, 0.2) is 95.8 Å². The van der Waals surface area contributed by atoms with E-state index in [1.54, 1.807) is 49.1 Å². The van der Waals surface area contributed by atoms with Crippen molar-refractivity contribution in [2.24, 2.45) is 0 Å². The van der Waals surface area contributed by atoms with Crippen LogP contribution in [0, 0.1) is 0 Å². The van der Waals surface area contributed by atoms with Gasteiger partial charge in [0.15, 0.2) is 5.82 Å². The molecule has 3 heterocycles. The lowest BCUT2D eigenvalue weighted by molar-refractivity contribution is 0.0691. The number of rotatable bonds is 9. The number of carboxylic acids is 1. The fourth-order valence-electron chi connectivity index (χ4n) is 5.94. The van der Waals surface area contributed by atoms with Crippen LogP contribution in [0.4, 0.5) is 0 Å². The van der Waals surface area contributed by atoms with Gasteiger partial charge in [-0.1, -0.05) is 66.7 Å². The first kappa shape index (κ1) is 29.0. The Labute approximate surface area is 254 Å². The number of benzene rings is 3. The van der Waals surface area contributed by atoms with Gasteiger partial charge in [0.1, 0.15) is 0 Å². The molecule has 0 radical (unpaired) electrons. The van der Waals surface area contributed by atoms with Crippen LogP contribution in [0.25, 0.3) is 16.5 Å². The highest BCUT2D eigenvalue weighted by Crippen LogP contribution is 2.31. The lowest BCUT2D eigenvalue weighted by Crippen LogP contribution is -2.48. The summed E-state index contributed by atoms with van der Waals surface area (Å²) in [6.07, 6.45) is 0. The number of methoxy groups -OCH3 is 2. The van der Waals surface area contributed by atoms with Crippen molar-refractivity contribution >= 4 is 16.7 Å².